The summed E-state index contributed by atoms with van der Waals surface area (Å²) in [5, 5.41) is 24.6. The minimum absolute atomic E-state index is 0.234. The molecule has 3 aromatic rings. The first-order chi connectivity index (χ1) is 16.7. The molecule has 0 fully saturated rings. The van der Waals surface area contributed by atoms with Gasteiger partial charge in [-0.25, -0.2) is 0 Å². The molecule has 0 spiro atoms. The Hall–Kier alpha value is -3.21. The Morgan fingerprint density at radius 2 is 1.91 bits per heavy atom. The number of aliphatic hydroxyl groups is 1. The first kappa shape index (κ1) is 24.9. The summed E-state index contributed by atoms with van der Waals surface area (Å²) in [4.78, 5) is 3.52. The van der Waals surface area contributed by atoms with E-state index in [-0.39, 0.29) is 5.92 Å². The van der Waals surface area contributed by atoms with E-state index in [0.717, 1.165) is 16.8 Å². The summed E-state index contributed by atoms with van der Waals surface area (Å²) in [6, 6.07) is 13.0. The standard InChI is InChI=1S/C25H34N6O4/c1-15(2)17-9-7-8-10-19(17)31(14-21-27-29-30(4)28-21)22-18-13-16(26)11-12-20(18)35-25(3,23(22)32)24(33-5)34-6/h7-13,15,22-24,32H,14,26H2,1-6H3. The van der Waals surface area contributed by atoms with Crippen LogP contribution in [0.25, 0.3) is 0 Å². The molecule has 1 aliphatic heterocycles. The number of ether oxygens (including phenoxy) is 3. The average molecular weight is 483 g/mol. The van der Waals surface area contributed by atoms with Gasteiger partial charge in [-0.05, 0) is 47.9 Å². The van der Waals surface area contributed by atoms with Crippen LogP contribution < -0.4 is 15.4 Å². The number of aliphatic hydroxyl groups excluding tert-OH is 1. The van der Waals surface area contributed by atoms with Crippen molar-refractivity contribution in [1.29, 1.82) is 0 Å². The molecule has 2 heterocycles. The zero-order chi connectivity index (χ0) is 25.3. The summed E-state index contributed by atoms with van der Waals surface area (Å²) in [6.07, 6.45) is -1.90. The third-order valence-electron chi connectivity index (χ3n) is 6.53. The Morgan fingerprint density at radius 3 is 2.54 bits per heavy atom. The molecule has 3 atom stereocenters. The van der Waals surface area contributed by atoms with Crippen LogP contribution in [-0.4, -0.2) is 57.5 Å². The molecule has 0 saturated heterocycles. The number of benzene rings is 2. The Kier molecular flexibility index (Phi) is 6.98. The lowest BCUT2D eigenvalue weighted by Gasteiger charge is -2.50. The lowest BCUT2D eigenvalue weighted by atomic mass is 9.82. The van der Waals surface area contributed by atoms with E-state index < -0.39 is 24.0 Å². The van der Waals surface area contributed by atoms with E-state index in [4.69, 9.17) is 19.9 Å². The molecule has 1 aromatic heterocycles. The first-order valence-corrected chi connectivity index (χ1v) is 11.6. The first-order valence-electron chi connectivity index (χ1n) is 11.6. The van der Waals surface area contributed by atoms with Crippen LogP contribution in [0.5, 0.6) is 5.75 Å². The predicted octanol–water partition coefficient (Wildman–Crippen LogP) is 2.79. The number of hydrogen-bond donors (Lipinski definition) is 2. The van der Waals surface area contributed by atoms with Crippen LogP contribution in [0.2, 0.25) is 0 Å². The maximum atomic E-state index is 12.0. The van der Waals surface area contributed by atoms with Gasteiger partial charge in [-0.15, -0.1) is 10.2 Å². The number of aromatic nitrogens is 4. The van der Waals surface area contributed by atoms with Crippen molar-refractivity contribution in [2.75, 3.05) is 24.9 Å². The number of methoxy groups -OCH3 is 2. The highest BCUT2D eigenvalue weighted by molar-refractivity contribution is 5.60. The molecule has 10 heteroatoms. The van der Waals surface area contributed by atoms with E-state index in [9.17, 15) is 5.11 Å². The van der Waals surface area contributed by atoms with Gasteiger partial charge in [0.2, 0.25) is 0 Å². The van der Waals surface area contributed by atoms with Crippen molar-refractivity contribution in [3.8, 4) is 5.75 Å². The second-order valence-electron chi connectivity index (χ2n) is 9.31. The summed E-state index contributed by atoms with van der Waals surface area (Å²) in [6.45, 7) is 6.36. The van der Waals surface area contributed by atoms with Crippen molar-refractivity contribution in [2.24, 2.45) is 7.05 Å². The monoisotopic (exact) mass is 482 g/mol. The van der Waals surface area contributed by atoms with Crippen LogP contribution in [0.3, 0.4) is 0 Å². The molecule has 10 nitrogen and oxygen atoms in total. The van der Waals surface area contributed by atoms with E-state index in [1.54, 1.807) is 20.0 Å². The summed E-state index contributed by atoms with van der Waals surface area (Å²) in [5.74, 6) is 1.35. The van der Waals surface area contributed by atoms with Gasteiger partial charge in [0.25, 0.3) is 0 Å². The molecule has 4 rings (SSSR count). The van der Waals surface area contributed by atoms with Gasteiger partial charge in [0, 0.05) is 31.2 Å². The van der Waals surface area contributed by atoms with Gasteiger partial charge < -0.3 is 30.0 Å². The fourth-order valence-electron chi connectivity index (χ4n) is 4.87. The Labute approximate surface area is 205 Å². The van der Waals surface area contributed by atoms with Gasteiger partial charge in [0.15, 0.2) is 17.7 Å². The predicted molar refractivity (Wildman–Crippen MR) is 132 cm³/mol. The second-order valence-corrected chi connectivity index (χ2v) is 9.31. The van der Waals surface area contributed by atoms with Gasteiger partial charge in [-0.2, -0.15) is 4.80 Å². The number of aryl methyl sites for hydroxylation is 1. The van der Waals surface area contributed by atoms with Crippen molar-refractivity contribution < 1.29 is 19.3 Å². The van der Waals surface area contributed by atoms with Crippen LogP contribution in [0, 0.1) is 0 Å². The smallest absolute Gasteiger partial charge is 0.199 e. The minimum Gasteiger partial charge on any atom is -0.479 e. The maximum absolute atomic E-state index is 12.0. The van der Waals surface area contributed by atoms with E-state index >= 15 is 0 Å². The molecular formula is C25H34N6O4. The van der Waals surface area contributed by atoms with Crippen LogP contribution in [0.4, 0.5) is 11.4 Å². The van der Waals surface area contributed by atoms with E-state index in [2.05, 4.69) is 40.2 Å². The van der Waals surface area contributed by atoms with Crippen LogP contribution in [0.1, 0.15) is 49.7 Å². The van der Waals surface area contributed by atoms with E-state index in [0.29, 0.717) is 23.8 Å². The third kappa shape index (κ3) is 4.56. The average Bonchev–Trinajstić information content (AvgIpc) is 3.24. The van der Waals surface area contributed by atoms with Gasteiger partial charge in [0.1, 0.15) is 11.9 Å². The van der Waals surface area contributed by atoms with Crippen LogP contribution in [0.15, 0.2) is 42.5 Å². The molecule has 0 bridgehead atoms. The number of anilines is 2. The summed E-state index contributed by atoms with van der Waals surface area (Å²) in [5.41, 5.74) is 8.37. The topological polar surface area (TPSA) is 121 Å². The molecule has 0 amide bonds. The van der Waals surface area contributed by atoms with Crippen molar-refractivity contribution in [3.05, 3.63) is 59.4 Å². The zero-order valence-electron chi connectivity index (χ0n) is 21.0. The highest BCUT2D eigenvalue weighted by Crippen LogP contribution is 2.48. The van der Waals surface area contributed by atoms with Crippen LogP contribution >= 0.6 is 0 Å². The lowest BCUT2D eigenvalue weighted by Crippen LogP contribution is -2.62. The largest absolute Gasteiger partial charge is 0.479 e. The minimum atomic E-state index is -1.22. The summed E-state index contributed by atoms with van der Waals surface area (Å²) < 4.78 is 17.5. The molecule has 3 unspecified atom stereocenters. The van der Waals surface area contributed by atoms with Gasteiger partial charge in [-0.1, -0.05) is 32.0 Å². The highest BCUT2D eigenvalue weighted by Gasteiger charge is 2.54. The van der Waals surface area contributed by atoms with Crippen molar-refractivity contribution in [2.45, 2.75) is 57.3 Å². The fraction of sp³-hybridized carbons (Fsp3) is 0.480. The Morgan fingerprint density at radius 1 is 1.20 bits per heavy atom. The molecule has 2 aromatic carbocycles. The van der Waals surface area contributed by atoms with E-state index in [1.807, 2.05) is 30.3 Å². The molecule has 35 heavy (non-hydrogen) atoms. The number of fused-ring (bicyclic) bond motifs is 1. The van der Waals surface area contributed by atoms with Crippen molar-refractivity contribution in [1.82, 2.24) is 20.2 Å². The second kappa shape index (κ2) is 9.80. The normalized spacial score (nSPS) is 21.7. The van der Waals surface area contributed by atoms with Gasteiger partial charge in [-0.3, -0.25) is 0 Å². The quantitative estimate of drug-likeness (QED) is 0.369. The Bertz CT molecular complexity index is 1160. The van der Waals surface area contributed by atoms with Crippen molar-refractivity contribution >= 4 is 11.4 Å². The number of tetrazole rings is 1. The maximum Gasteiger partial charge on any atom is 0.199 e. The van der Waals surface area contributed by atoms with Crippen molar-refractivity contribution in [3.63, 3.8) is 0 Å². The summed E-state index contributed by atoms with van der Waals surface area (Å²) in [7, 11) is 4.78. The molecule has 188 valence electrons. The number of nitrogen functional groups attached to an aromatic ring is 1. The number of hydrogen-bond acceptors (Lipinski definition) is 9. The number of nitrogens with zero attached hydrogens (tertiary/aromatic N) is 5. The Balaban J connectivity index is 1.94. The van der Waals surface area contributed by atoms with Crippen LogP contribution in [-0.2, 0) is 23.1 Å². The molecule has 1 aliphatic rings. The third-order valence-corrected chi connectivity index (χ3v) is 6.53. The molecule has 0 saturated carbocycles. The molecule has 3 N–H and O–H groups in total. The molecule has 0 aliphatic carbocycles. The molecule has 0 radical (unpaired) electrons. The fourth-order valence-corrected chi connectivity index (χ4v) is 4.87. The molecular weight excluding hydrogens is 448 g/mol. The zero-order valence-corrected chi connectivity index (χ0v) is 21.0. The SMILES string of the molecule is COC(OC)C1(C)Oc2ccc(N)cc2C(N(Cc2nnn(C)n2)c2ccccc2C(C)C)C1O. The number of nitrogens with two attached hydrogens (primary N) is 1. The van der Waals surface area contributed by atoms with E-state index in [1.165, 1.54) is 19.0 Å². The number of rotatable bonds is 8. The lowest BCUT2D eigenvalue weighted by molar-refractivity contribution is -0.237. The van der Waals surface area contributed by atoms with Gasteiger partial charge in [0.05, 0.1) is 19.6 Å². The summed E-state index contributed by atoms with van der Waals surface area (Å²) >= 11 is 0. The highest BCUT2D eigenvalue weighted by atomic mass is 16.7. The van der Waals surface area contributed by atoms with Gasteiger partial charge >= 0.3 is 0 Å². The number of para-hydroxylation sites is 1.